The molecule has 3 atom stereocenters. The fourth-order valence-corrected chi connectivity index (χ4v) is 4.24. The van der Waals surface area contributed by atoms with Crippen LogP contribution in [0.5, 0.6) is 0 Å². The first kappa shape index (κ1) is 13.7. The number of carboxylic acids is 1. The third kappa shape index (κ3) is 2.01. The van der Waals surface area contributed by atoms with Gasteiger partial charge in [0.15, 0.2) is 0 Å². The molecule has 0 spiro atoms. The number of carboxylic acid groups (broad SMARTS) is 1. The van der Waals surface area contributed by atoms with Gasteiger partial charge in [0.2, 0.25) is 5.91 Å². The Balaban J connectivity index is 2.19. The highest BCUT2D eigenvalue weighted by molar-refractivity contribution is 8.01. The van der Waals surface area contributed by atoms with Gasteiger partial charge in [-0.25, -0.2) is 4.79 Å². The van der Waals surface area contributed by atoms with Gasteiger partial charge in [-0.3, -0.25) is 10.1 Å². The van der Waals surface area contributed by atoms with Gasteiger partial charge in [0, 0.05) is 10.3 Å². The van der Waals surface area contributed by atoms with E-state index in [-0.39, 0.29) is 22.9 Å². The monoisotopic (exact) mass is 272 g/mol. The first-order valence-corrected chi connectivity index (χ1v) is 6.93. The molecule has 0 saturated carbocycles. The molecule has 2 heterocycles. The number of nitrogens with zero attached hydrogens (tertiary/aromatic N) is 1. The summed E-state index contributed by atoms with van der Waals surface area (Å²) in [5, 5.41) is 12.5. The number of carbonyl (C=O) groups is 2. The fourth-order valence-electron chi connectivity index (χ4n) is 2.61. The largest absolute Gasteiger partial charge is 0.480 e. The van der Waals surface area contributed by atoms with Gasteiger partial charge in [0.1, 0.15) is 17.5 Å². The molecule has 1 amide bonds. The van der Waals surface area contributed by atoms with Crippen LogP contribution < -0.4 is 5.32 Å². The van der Waals surface area contributed by atoms with E-state index in [4.69, 9.17) is 0 Å². The van der Waals surface area contributed by atoms with Crippen LogP contribution in [0.25, 0.3) is 0 Å². The van der Waals surface area contributed by atoms with Gasteiger partial charge in [-0.2, -0.15) is 0 Å². The minimum Gasteiger partial charge on any atom is -0.480 e. The van der Waals surface area contributed by atoms with Crippen LogP contribution in [0.2, 0.25) is 0 Å². The lowest BCUT2D eigenvalue weighted by Crippen LogP contribution is -2.72. The molecule has 18 heavy (non-hydrogen) atoms. The lowest BCUT2D eigenvalue weighted by Gasteiger charge is -2.46. The Hall–Kier alpha value is -0.750. The molecule has 6 heteroatoms. The van der Waals surface area contributed by atoms with Crippen LogP contribution in [0.3, 0.4) is 0 Å². The van der Waals surface area contributed by atoms with Crippen LogP contribution in [-0.4, -0.2) is 49.6 Å². The fraction of sp³-hybridized carbons (Fsp3) is 0.833. The minimum absolute atomic E-state index is 0.0622. The van der Waals surface area contributed by atoms with Crippen molar-refractivity contribution in [3.63, 3.8) is 0 Å². The maximum Gasteiger partial charge on any atom is 0.327 e. The van der Waals surface area contributed by atoms with Crippen molar-refractivity contribution < 1.29 is 14.7 Å². The highest BCUT2D eigenvalue weighted by atomic mass is 32.2. The Labute approximate surface area is 111 Å². The molecule has 0 bridgehead atoms. The summed E-state index contributed by atoms with van der Waals surface area (Å²) < 4.78 is -0.444. The summed E-state index contributed by atoms with van der Waals surface area (Å²) >= 11 is 1.57. The van der Waals surface area contributed by atoms with Crippen molar-refractivity contribution in [1.29, 1.82) is 0 Å². The average Bonchev–Trinajstić information content (AvgIpc) is 2.42. The van der Waals surface area contributed by atoms with E-state index < -0.39 is 16.8 Å². The maximum absolute atomic E-state index is 12.1. The molecule has 0 aliphatic carbocycles. The Morgan fingerprint density at radius 2 is 2.00 bits per heavy atom. The Morgan fingerprint density at radius 1 is 1.44 bits per heavy atom. The molecule has 0 aromatic rings. The Kier molecular flexibility index (Phi) is 2.94. The van der Waals surface area contributed by atoms with Crippen LogP contribution in [0.1, 0.15) is 34.6 Å². The molecular formula is C12H20N2O3S. The van der Waals surface area contributed by atoms with Gasteiger partial charge in [0.05, 0.1) is 0 Å². The molecule has 0 radical (unpaired) electrons. The van der Waals surface area contributed by atoms with E-state index >= 15 is 0 Å². The van der Waals surface area contributed by atoms with E-state index in [0.717, 1.165) is 0 Å². The van der Waals surface area contributed by atoms with Crippen molar-refractivity contribution >= 4 is 23.6 Å². The maximum atomic E-state index is 12.1. The van der Waals surface area contributed by atoms with Crippen molar-refractivity contribution in [2.45, 2.75) is 62.4 Å². The molecular weight excluding hydrogens is 252 g/mol. The van der Waals surface area contributed by atoms with Crippen LogP contribution in [-0.2, 0) is 9.59 Å². The molecule has 5 nitrogen and oxygen atoms in total. The first-order chi connectivity index (χ1) is 8.04. The number of rotatable bonds is 2. The average molecular weight is 272 g/mol. The van der Waals surface area contributed by atoms with E-state index in [2.05, 4.69) is 5.32 Å². The van der Waals surface area contributed by atoms with Gasteiger partial charge in [0.25, 0.3) is 0 Å². The smallest absolute Gasteiger partial charge is 0.327 e. The second-order valence-corrected chi connectivity index (χ2v) is 8.24. The van der Waals surface area contributed by atoms with E-state index in [1.807, 2.05) is 34.6 Å². The summed E-state index contributed by atoms with van der Waals surface area (Å²) in [6.45, 7) is 9.78. The number of amides is 1. The van der Waals surface area contributed by atoms with Gasteiger partial charge < -0.3 is 10.0 Å². The SMILES string of the molecule is CC(C)(C)NC1C(=O)N2C1SC(C)(C)C2C(=O)O. The summed E-state index contributed by atoms with van der Waals surface area (Å²) in [6, 6.07) is -0.989. The third-order valence-electron chi connectivity index (χ3n) is 3.26. The molecule has 0 aromatic heterocycles. The number of nitrogens with one attached hydrogen (secondary N) is 1. The van der Waals surface area contributed by atoms with Crippen molar-refractivity contribution in [2.24, 2.45) is 0 Å². The normalized spacial score (nSPS) is 34.2. The van der Waals surface area contributed by atoms with E-state index in [0.29, 0.717) is 0 Å². The quantitative estimate of drug-likeness (QED) is 0.731. The van der Waals surface area contributed by atoms with Gasteiger partial charge in [-0.15, -0.1) is 11.8 Å². The Morgan fingerprint density at radius 3 is 2.44 bits per heavy atom. The van der Waals surface area contributed by atoms with E-state index in [1.54, 1.807) is 11.8 Å². The topological polar surface area (TPSA) is 69.6 Å². The number of aliphatic carboxylic acids is 1. The number of thioether (sulfide) groups is 1. The summed E-state index contributed by atoms with van der Waals surface area (Å²) in [5.74, 6) is -1.02. The number of fused-ring (bicyclic) bond motifs is 1. The standard InChI is InChI=1S/C12H20N2O3S/c1-11(2,3)13-6-8(15)14-7(10(16)17)12(4,5)18-9(6)14/h6-7,9,13H,1-5H3,(H,16,17). The predicted molar refractivity (Wildman–Crippen MR) is 70.4 cm³/mol. The molecule has 2 rings (SSSR count). The summed E-state index contributed by atoms with van der Waals surface area (Å²) in [4.78, 5) is 24.9. The summed E-state index contributed by atoms with van der Waals surface area (Å²) in [6.07, 6.45) is 0. The number of hydrogen-bond donors (Lipinski definition) is 2. The third-order valence-corrected chi connectivity index (χ3v) is 4.83. The first-order valence-electron chi connectivity index (χ1n) is 6.05. The van der Waals surface area contributed by atoms with Gasteiger partial charge in [-0.05, 0) is 34.6 Å². The second kappa shape index (κ2) is 3.87. The van der Waals surface area contributed by atoms with E-state index in [9.17, 15) is 14.7 Å². The van der Waals surface area contributed by atoms with Crippen molar-refractivity contribution in [3.8, 4) is 0 Å². The molecule has 2 saturated heterocycles. The second-order valence-electron chi connectivity index (χ2n) is 6.47. The minimum atomic E-state index is -0.919. The highest BCUT2D eigenvalue weighted by Crippen LogP contribution is 2.50. The molecule has 0 aromatic carbocycles. The van der Waals surface area contributed by atoms with Crippen LogP contribution in [0, 0.1) is 0 Å². The highest BCUT2D eigenvalue weighted by Gasteiger charge is 2.64. The van der Waals surface area contributed by atoms with Crippen LogP contribution in [0.15, 0.2) is 0 Å². The molecule has 102 valence electrons. The molecule has 2 fully saturated rings. The lowest BCUT2D eigenvalue weighted by molar-refractivity contribution is -0.160. The zero-order valence-corrected chi connectivity index (χ0v) is 12.2. The molecule has 3 unspecified atom stereocenters. The number of β-lactam (4-membered cyclic amide) rings is 1. The van der Waals surface area contributed by atoms with Gasteiger partial charge in [-0.1, -0.05) is 0 Å². The van der Waals surface area contributed by atoms with Crippen molar-refractivity contribution in [3.05, 3.63) is 0 Å². The summed E-state index contributed by atoms with van der Waals surface area (Å²) in [7, 11) is 0. The Bertz CT molecular complexity index is 403. The van der Waals surface area contributed by atoms with Crippen molar-refractivity contribution in [2.75, 3.05) is 0 Å². The zero-order chi connectivity index (χ0) is 13.9. The van der Waals surface area contributed by atoms with Crippen molar-refractivity contribution in [1.82, 2.24) is 10.2 Å². The zero-order valence-electron chi connectivity index (χ0n) is 11.4. The predicted octanol–water partition coefficient (Wildman–Crippen LogP) is 0.890. The lowest BCUT2D eigenvalue weighted by atomic mass is 9.94. The number of carbonyl (C=O) groups excluding carboxylic acids is 1. The van der Waals surface area contributed by atoms with Crippen LogP contribution >= 0.6 is 11.8 Å². The van der Waals surface area contributed by atoms with Gasteiger partial charge >= 0.3 is 5.97 Å². The summed E-state index contributed by atoms with van der Waals surface area (Å²) in [5.41, 5.74) is -0.154. The molecule has 2 aliphatic rings. The molecule has 2 N–H and O–H groups in total. The molecule has 2 aliphatic heterocycles. The van der Waals surface area contributed by atoms with Crippen LogP contribution in [0.4, 0.5) is 0 Å². The van der Waals surface area contributed by atoms with E-state index in [1.165, 1.54) is 4.90 Å². The number of hydrogen-bond acceptors (Lipinski definition) is 4.